The van der Waals surface area contributed by atoms with Gasteiger partial charge in [-0.25, -0.2) is 0 Å². The van der Waals surface area contributed by atoms with Gasteiger partial charge in [0, 0.05) is 6.07 Å². The van der Waals surface area contributed by atoms with E-state index in [1.165, 1.54) is 24.5 Å². The minimum absolute atomic E-state index is 0.0675. The lowest BCUT2D eigenvalue weighted by Crippen LogP contribution is -2.12. The van der Waals surface area contributed by atoms with Crippen LogP contribution in [0.3, 0.4) is 0 Å². The number of benzene rings is 1. The van der Waals surface area contributed by atoms with Crippen LogP contribution in [0.25, 0.3) is 0 Å². The van der Waals surface area contributed by atoms with Gasteiger partial charge in [0.2, 0.25) is 0 Å². The maximum Gasteiger partial charge on any atom is 0.291 e. The van der Waals surface area contributed by atoms with Crippen LogP contribution in [-0.2, 0) is 0 Å². The first-order valence-corrected chi connectivity index (χ1v) is 8.69. The molecule has 8 nitrogen and oxygen atoms in total. The molecule has 0 aliphatic rings. The van der Waals surface area contributed by atoms with E-state index in [0.29, 0.717) is 26.7 Å². The van der Waals surface area contributed by atoms with Crippen molar-refractivity contribution in [2.45, 2.75) is 13.8 Å². The number of nitrogens with one attached hydrogen (secondary N) is 2. The van der Waals surface area contributed by atoms with Gasteiger partial charge in [0.1, 0.15) is 0 Å². The Bertz CT molecular complexity index is 1020. The highest BCUT2D eigenvalue weighted by Crippen LogP contribution is 2.30. The summed E-state index contributed by atoms with van der Waals surface area (Å²) < 4.78 is 5.03. The van der Waals surface area contributed by atoms with Crippen molar-refractivity contribution in [2.75, 3.05) is 10.6 Å². The molecule has 1 aromatic carbocycles. The summed E-state index contributed by atoms with van der Waals surface area (Å²) in [6.45, 7) is 3.32. The van der Waals surface area contributed by atoms with Crippen molar-refractivity contribution in [1.29, 1.82) is 0 Å². The Morgan fingerprint density at radius 2 is 1.89 bits per heavy atom. The van der Waals surface area contributed by atoms with Gasteiger partial charge in [0.25, 0.3) is 17.5 Å². The summed E-state index contributed by atoms with van der Waals surface area (Å²) in [6, 6.07) is 9.31. The van der Waals surface area contributed by atoms with Crippen LogP contribution < -0.4 is 10.6 Å². The molecule has 0 bridgehead atoms. The number of carbonyl (C=O) groups is 2. The van der Waals surface area contributed by atoms with E-state index in [1.807, 2.05) is 0 Å². The third-order valence-electron chi connectivity index (χ3n) is 3.86. The first-order valence-electron chi connectivity index (χ1n) is 7.87. The zero-order chi connectivity index (χ0) is 19.6. The molecule has 0 saturated carbocycles. The molecular formula is C18H15N3O5S. The maximum atomic E-state index is 12.6. The van der Waals surface area contributed by atoms with Gasteiger partial charge in [-0.05, 0) is 43.7 Å². The molecule has 0 aliphatic heterocycles. The number of amides is 2. The standard InChI is InChI=1S/C18H15N3O5S/c1-10-9-15(20-17(22)14-7-4-8-26-14)27-16(10)18(23)19-12-5-3-6-13(11(12)2)21(24)25/h3-9H,1-2H3,(H,19,23)(H,20,22). The second-order valence-corrected chi connectivity index (χ2v) is 6.77. The lowest BCUT2D eigenvalue weighted by Gasteiger charge is -2.08. The largest absolute Gasteiger partial charge is 0.459 e. The molecule has 2 aromatic heterocycles. The van der Waals surface area contributed by atoms with Crippen molar-refractivity contribution in [1.82, 2.24) is 0 Å². The number of rotatable bonds is 5. The smallest absolute Gasteiger partial charge is 0.291 e. The molecule has 0 spiro atoms. The van der Waals surface area contributed by atoms with Crippen molar-refractivity contribution in [3.63, 3.8) is 0 Å². The first-order chi connectivity index (χ1) is 12.9. The van der Waals surface area contributed by atoms with Crippen LogP contribution in [0.2, 0.25) is 0 Å². The van der Waals surface area contributed by atoms with Gasteiger partial charge in [-0.1, -0.05) is 6.07 Å². The summed E-state index contributed by atoms with van der Waals surface area (Å²) in [7, 11) is 0. The van der Waals surface area contributed by atoms with Crippen LogP contribution >= 0.6 is 11.3 Å². The Morgan fingerprint density at radius 1 is 1.11 bits per heavy atom. The first kappa shape index (κ1) is 18.3. The van der Waals surface area contributed by atoms with E-state index < -0.39 is 16.7 Å². The predicted molar refractivity (Wildman–Crippen MR) is 102 cm³/mol. The average Bonchev–Trinajstić information content (AvgIpc) is 3.26. The Kier molecular flexibility index (Phi) is 5.04. The monoisotopic (exact) mass is 385 g/mol. The summed E-state index contributed by atoms with van der Waals surface area (Å²) in [5, 5.41) is 16.9. The highest BCUT2D eigenvalue weighted by Gasteiger charge is 2.19. The summed E-state index contributed by atoms with van der Waals surface area (Å²) in [4.78, 5) is 35.6. The van der Waals surface area contributed by atoms with Gasteiger partial charge in [0.15, 0.2) is 5.76 Å². The van der Waals surface area contributed by atoms with Gasteiger partial charge in [-0.15, -0.1) is 11.3 Å². The van der Waals surface area contributed by atoms with Gasteiger partial charge >= 0.3 is 0 Å². The van der Waals surface area contributed by atoms with Gasteiger partial charge < -0.3 is 15.1 Å². The zero-order valence-corrected chi connectivity index (χ0v) is 15.3. The third-order valence-corrected chi connectivity index (χ3v) is 5.01. The van der Waals surface area contributed by atoms with Crippen molar-refractivity contribution < 1.29 is 18.9 Å². The number of aryl methyl sites for hydroxylation is 1. The molecule has 2 N–H and O–H groups in total. The Balaban J connectivity index is 1.78. The Morgan fingerprint density at radius 3 is 2.56 bits per heavy atom. The molecule has 2 heterocycles. The average molecular weight is 385 g/mol. The number of carbonyl (C=O) groups excluding carboxylic acids is 2. The molecule has 2 amide bonds. The van der Waals surface area contributed by atoms with E-state index >= 15 is 0 Å². The topological polar surface area (TPSA) is 114 Å². The Hall–Kier alpha value is -3.46. The summed E-state index contributed by atoms with van der Waals surface area (Å²) >= 11 is 1.11. The highest BCUT2D eigenvalue weighted by atomic mass is 32.1. The van der Waals surface area contributed by atoms with Crippen LogP contribution in [0.5, 0.6) is 0 Å². The van der Waals surface area contributed by atoms with Crippen LogP contribution in [0.1, 0.15) is 31.4 Å². The van der Waals surface area contributed by atoms with Crippen molar-refractivity contribution >= 4 is 39.5 Å². The van der Waals surface area contributed by atoms with Crippen LogP contribution in [0, 0.1) is 24.0 Å². The van der Waals surface area contributed by atoms with Crippen LogP contribution in [0.15, 0.2) is 47.1 Å². The van der Waals surface area contributed by atoms with Crippen LogP contribution in [-0.4, -0.2) is 16.7 Å². The summed E-state index contributed by atoms with van der Waals surface area (Å²) in [5.74, 6) is -0.651. The van der Waals surface area contributed by atoms with Gasteiger partial charge in [-0.3, -0.25) is 19.7 Å². The third kappa shape index (κ3) is 3.87. The normalized spacial score (nSPS) is 10.4. The molecule has 3 aromatic rings. The lowest BCUT2D eigenvalue weighted by atomic mass is 10.1. The predicted octanol–water partition coefficient (Wildman–Crippen LogP) is 4.37. The van der Waals surface area contributed by atoms with E-state index in [2.05, 4.69) is 10.6 Å². The number of nitro benzene ring substituents is 1. The van der Waals surface area contributed by atoms with Crippen molar-refractivity contribution in [2.24, 2.45) is 0 Å². The number of thiophene rings is 1. The number of furan rings is 1. The second kappa shape index (κ2) is 7.42. The van der Waals surface area contributed by atoms with Crippen molar-refractivity contribution in [3.8, 4) is 0 Å². The minimum Gasteiger partial charge on any atom is -0.459 e. The van der Waals surface area contributed by atoms with E-state index in [4.69, 9.17) is 4.42 Å². The molecule has 0 saturated heterocycles. The lowest BCUT2D eigenvalue weighted by molar-refractivity contribution is -0.385. The molecule has 9 heteroatoms. The quantitative estimate of drug-likeness (QED) is 0.500. The van der Waals surface area contributed by atoms with E-state index in [1.54, 1.807) is 32.0 Å². The molecule has 0 atom stereocenters. The fourth-order valence-electron chi connectivity index (χ4n) is 2.49. The Labute approximate surface area is 158 Å². The molecule has 138 valence electrons. The minimum atomic E-state index is -0.496. The summed E-state index contributed by atoms with van der Waals surface area (Å²) in [5.41, 5.74) is 1.34. The van der Waals surface area contributed by atoms with Crippen LogP contribution in [0.4, 0.5) is 16.4 Å². The maximum absolute atomic E-state index is 12.6. The van der Waals surface area contributed by atoms with E-state index in [-0.39, 0.29) is 11.4 Å². The molecule has 27 heavy (non-hydrogen) atoms. The molecule has 0 unspecified atom stereocenters. The number of nitrogens with zero attached hydrogens (tertiary/aromatic N) is 1. The fourth-order valence-corrected chi connectivity index (χ4v) is 3.45. The van der Waals surface area contributed by atoms with Gasteiger partial charge in [-0.2, -0.15) is 0 Å². The molecular weight excluding hydrogens is 370 g/mol. The molecule has 0 fully saturated rings. The molecule has 0 aliphatic carbocycles. The fraction of sp³-hybridized carbons (Fsp3) is 0.111. The molecule has 3 rings (SSSR count). The second-order valence-electron chi connectivity index (χ2n) is 5.72. The van der Waals surface area contributed by atoms with E-state index in [0.717, 1.165) is 11.3 Å². The highest BCUT2D eigenvalue weighted by molar-refractivity contribution is 7.18. The molecule has 0 radical (unpaired) electrons. The van der Waals surface area contributed by atoms with Crippen molar-refractivity contribution in [3.05, 3.63) is 74.5 Å². The zero-order valence-electron chi connectivity index (χ0n) is 14.4. The SMILES string of the molecule is Cc1cc(NC(=O)c2ccco2)sc1C(=O)Nc1cccc([N+](=O)[O-])c1C. The summed E-state index contributed by atoms with van der Waals surface area (Å²) in [6.07, 6.45) is 1.40. The number of nitro groups is 1. The number of hydrogen-bond acceptors (Lipinski definition) is 6. The van der Waals surface area contributed by atoms with E-state index in [9.17, 15) is 19.7 Å². The number of anilines is 2. The van der Waals surface area contributed by atoms with Gasteiger partial charge in [0.05, 0.1) is 32.3 Å². The number of hydrogen-bond donors (Lipinski definition) is 2.